The highest BCUT2D eigenvalue weighted by molar-refractivity contribution is 6.30. The molecule has 0 aliphatic carbocycles. The van der Waals surface area contributed by atoms with Crippen LogP contribution in [0.25, 0.3) is 0 Å². The van der Waals surface area contributed by atoms with Crippen LogP contribution >= 0.6 is 11.6 Å². The predicted octanol–water partition coefficient (Wildman–Crippen LogP) is 5.20. The number of nitrogens with zero attached hydrogens (tertiary/aromatic N) is 2. The van der Waals surface area contributed by atoms with Crippen molar-refractivity contribution in [3.8, 4) is 0 Å². The largest absolute Gasteiger partial charge is 0.465 e. The van der Waals surface area contributed by atoms with E-state index in [1.165, 1.54) is 30.4 Å². The molecular formula is C26H18ClF3N2O5. The molecule has 5 rings (SSSR count). The standard InChI is InChI=1S/C26H18ClF3N2O5/c1-36-25(35)15-7-5-14(6-8-15)21-20-22(37-32(21)18-11-9-17(27)10-12-18)24(34)31(23(20)33)19-4-2-3-16(13-19)26(28,29)30/h2-13,20-22H,1H3/t20-,21+,22-/m0/s1. The first kappa shape index (κ1) is 24.8. The number of carbonyl (C=O) groups excluding carboxylic acids is 3. The minimum atomic E-state index is -4.65. The van der Waals surface area contributed by atoms with Crippen molar-refractivity contribution in [3.63, 3.8) is 0 Å². The van der Waals surface area contributed by atoms with Gasteiger partial charge in [-0.3, -0.25) is 14.4 Å². The van der Waals surface area contributed by atoms with E-state index in [1.807, 2.05) is 0 Å². The average Bonchev–Trinajstić information content (AvgIpc) is 3.39. The molecule has 0 N–H and O–H groups in total. The third-order valence-corrected chi connectivity index (χ3v) is 6.55. The Bertz CT molecular complexity index is 1380. The van der Waals surface area contributed by atoms with E-state index in [0.717, 1.165) is 23.1 Å². The second-order valence-corrected chi connectivity index (χ2v) is 8.91. The summed E-state index contributed by atoms with van der Waals surface area (Å²) in [5, 5.41) is 1.88. The van der Waals surface area contributed by atoms with E-state index in [1.54, 1.807) is 36.4 Å². The van der Waals surface area contributed by atoms with Crippen LogP contribution in [0.15, 0.2) is 72.8 Å². The quantitative estimate of drug-likeness (QED) is 0.341. The van der Waals surface area contributed by atoms with Gasteiger partial charge in [-0.05, 0) is 60.2 Å². The fraction of sp³-hybridized carbons (Fsp3) is 0.192. The molecule has 0 aromatic heterocycles. The second kappa shape index (κ2) is 9.20. The molecular weight excluding hydrogens is 513 g/mol. The average molecular weight is 531 g/mol. The lowest BCUT2D eigenvalue weighted by Crippen LogP contribution is -2.37. The van der Waals surface area contributed by atoms with Crippen LogP contribution in [0.3, 0.4) is 0 Å². The van der Waals surface area contributed by atoms with Gasteiger partial charge in [-0.15, -0.1) is 0 Å². The number of hydrogen-bond donors (Lipinski definition) is 0. The molecule has 2 amide bonds. The summed E-state index contributed by atoms with van der Waals surface area (Å²) < 4.78 is 44.6. The monoisotopic (exact) mass is 530 g/mol. The maximum absolute atomic E-state index is 13.6. The first-order valence-electron chi connectivity index (χ1n) is 11.0. The van der Waals surface area contributed by atoms with Gasteiger partial charge in [0.25, 0.3) is 5.91 Å². The van der Waals surface area contributed by atoms with Crippen molar-refractivity contribution in [1.82, 2.24) is 0 Å². The number of amides is 2. The van der Waals surface area contributed by atoms with E-state index in [-0.39, 0.29) is 11.3 Å². The van der Waals surface area contributed by atoms with E-state index < -0.39 is 47.6 Å². The fourth-order valence-electron chi connectivity index (χ4n) is 4.58. The van der Waals surface area contributed by atoms with Crippen LogP contribution in [-0.4, -0.2) is 31.0 Å². The molecule has 0 spiro atoms. The van der Waals surface area contributed by atoms with Crippen LogP contribution in [0.2, 0.25) is 5.02 Å². The lowest BCUT2D eigenvalue weighted by Gasteiger charge is -2.29. The van der Waals surface area contributed by atoms with Gasteiger partial charge in [0.1, 0.15) is 5.92 Å². The Kier molecular flexibility index (Phi) is 6.17. The zero-order valence-electron chi connectivity index (χ0n) is 19.1. The summed E-state index contributed by atoms with van der Waals surface area (Å²) >= 11 is 6.01. The molecule has 0 unspecified atom stereocenters. The van der Waals surface area contributed by atoms with Crippen molar-refractivity contribution >= 4 is 40.8 Å². The molecule has 0 bridgehead atoms. The van der Waals surface area contributed by atoms with Gasteiger partial charge < -0.3 is 4.74 Å². The summed E-state index contributed by atoms with van der Waals surface area (Å²) in [4.78, 5) is 45.5. The van der Waals surface area contributed by atoms with Crippen molar-refractivity contribution in [2.45, 2.75) is 18.3 Å². The Labute approximate surface area is 213 Å². The molecule has 2 saturated heterocycles. The SMILES string of the molecule is COC(=O)c1ccc([C@@H]2[C@@H]3C(=O)N(c4cccc(C(F)(F)F)c4)C(=O)[C@H]3ON2c2ccc(Cl)cc2)cc1. The number of rotatable bonds is 4. The van der Waals surface area contributed by atoms with Gasteiger partial charge >= 0.3 is 12.1 Å². The van der Waals surface area contributed by atoms with Crippen LogP contribution in [0, 0.1) is 5.92 Å². The molecule has 2 heterocycles. The Morgan fingerprint density at radius 2 is 1.62 bits per heavy atom. The number of esters is 1. The van der Waals surface area contributed by atoms with Crippen molar-refractivity contribution in [1.29, 1.82) is 0 Å². The van der Waals surface area contributed by atoms with Crippen LogP contribution < -0.4 is 9.96 Å². The smallest absolute Gasteiger partial charge is 0.416 e. The first-order chi connectivity index (χ1) is 17.6. The number of benzene rings is 3. The molecule has 2 fully saturated rings. The first-order valence-corrected chi connectivity index (χ1v) is 11.4. The van der Waals surface area contributed by atoms with Gasteiger partial charge in [0, 0.05) is 5.02 Å². The molecule has 37 heavy (non-hydrogen) atoms. The summed E-state index contributed by atoms with van der Waals surface area (Å²) in [5.74, 6) is -3.10. The lowest BCUT2D eigenvalue weighted by molar-refractivity contribution is -0.137. The van der Waals surface area contributed by atoms with Crippen LogP contribution in [-0.2, 0) is 25.3 Å². The number of hydrogen-bond acceptors (Lipinski definition) is 6. The number of anilines is 2. The Morgan fingerprint density at radius 3 is 2.24 bits per heavy atom. The van der Waals surface area contributed by atoms with E-state index >= 15 is 0 Å². The van der Waals surface area contributed by atoms with Crippen molar-refractivity contribution in [2.75, 3.05) is 17.1 Å². The van der Waals surface area contributed by atoms with Gasteiger partial charge in [0.2, 0.25) is 5.91 Å². The summed E-state index contributed by atoms with van der Waals surface area (Å²) in [6, 6.07) is 16.0. The number of alkyl halides is 3. The Balaban J connectivity index is 1.56. The van der Waals surface area contributed by atoms with Crippen molar-refractivity contribution < 1.29 is 37.1 Å². The Hall–Kier alpha value is -3.89. The topological polar surface area (TPSA) is 76.2 Å². The van der Waals surface area contributed by atoms with Gasteiger partial charge in [0.15, 0.2) is 6.10 Å². The number of imide groups is 1. The van der Waals surface area contributed by atoms with Crippen LogP contribution in [0.4, 0.5) is 24.5 Å². The van der Waals surface area contributed by atoms with Gasteiger partial charge in [-0.2, -0.15) is 13.2 Å². The highest BCUT2D eigenvalue weighted by atomic mass is 35.5. The van der Waals surface area contributed by atoms with Crippen molar-refractivity contribution in [2.24, 2.45) is 5.92 Å². The van der Waals surface area contributed by atoms with Gasteiger partial charge in [-0.25, -0.2) is 14.8 Å². The number of carbonyl (C=O) groups is 3. The molecule has 3 atom stereocenters. The zero-order valence-corrected chi connectivity index (χ0v) is 19.9. The number of fused-ring (bicyclic) bond motifs is 1. The molecule has 190 valence electrons. The molecule has 11 heteroatoms. The molecule has 3 aromatic rings. The normalized spacial score (nSPS) is 21.4. The highest BCUT2D eigenvalue weighted by Gasteiger charge is 2.60. The van der Waals surface area contributed by atoms with Crippen molar-refractivity contribution in [3.05, 3.63) is 94.5 Å². The minimum Gasteiger partial charge on any atom is -0.465 e. The summed E-state index contributed by atoms with van der Waals surface area (Å²) in [6.07, 6.45) is -5.92. The molecule has 0 saturated carbocycles. The van der Waals surface area contributed by atoms with Crippen LogP contribution in [0.1, 0.15) is 27.5 Å². The predicted molar refractivity (Wildman–Crippen MR) is 127 cm³/mol. The fourth-order valence-corrected chi connectivity index (χ4v) is 4.70. The molecule has 2 aliphatic heterocycles. The number of hydroxylamine groups is 1. The molecule has 2 aliphatic rings. The maximum atomic E-state index is 13.6. The maximum Gasteiger partial charge on any atom is 0.416 e. The van der Waals surface area contributed by atoms with Gasteiger partial charge in [-0.1, -0.05) is 29.8 Å². The van der Waals surface area contributed by atoms with Gasteiger partial charge in [0.05, 0.1) is 35.7 Å². The van der Waals surface area contributed by atoms with E-state index in [2.05, 4.69) is 0 Å². The van der Waals surface area contributed by atoms with Crippen LogP contribution in [0.5, 0.6) is 0 Å². The highest BCUT2D eigenvalue weighted by Crippen LogP contribution is 2.48. The van der Waals surface area contributed by atoms with E-state index in [9.17, 15) is 27.6 Å². The third kappa shape index (κ3) is 4.32. The summed E-state index contributed by atoms with van der Waals surface area (Å²) in [6.45, 7) is 0. The molecule has 0 radical (unpaired) electrons. The third-order valence-electron chi connectivity index (χ3n) is 6.30. The Morgan fingerprint density at radius 1 is 0.946 bits per heavy atom. The molecule has 7 nitrogen and oxygen atoms in total. The minimum absolute atomic E-state index is 0.194. The number of methoxy groups -OCH3 is 1. The van der Waals surface area contributed by atoms with E-state index in [4.69, 9.17) is 21.2 Å². The van der Waals surface area contributed by atoms with E-state index in [0.29, 0.717) is 16.3 Å². The second-order valence-electron chi connectivity index (χ2n) is 8.47. The summed E-state index contributed by atoms with van der Waals surface area (Å²) in [7, 11) is 1.25. The number of ether oxygens (including phenoxy) is 1. The summed E-state index contributed by atoms with van der Waals surface area (Å²) in [5.41, 5.74) is 0.148. The lowest BCUT2D eigenvalue weighted by atomic mass is 9.90. The molecule has 3 aromatic carbocycles. The number of halogens is 4. The zero-order chi connectivity index (χ0) is 26.5.